The summed E-state index contributed by atoms with van der Waals surface area (Å²) >= 11 is 0. The van der Waals surface area contributed by atoms with E-state index >= 15 is 0 Å². The van der Waals surface area contributed by atoms with E-state index in [0.717, 1.165) is 51.4 Å². The topological polar surface area (TPSA) is 149 Å². The highest BCUT2D eigenvalue weighted by Gasteiger charge is 2.01. The highest BCUT2D eigenvalue weighted by molar-refractivity contribution is 5.67. The maximum atomic E-state index is 10.3. The first-order chi connectivity index (χ1) is 37.1. The Morgan fingerprint density at radius 3 is 0.316 bits per heavy atom. The van der Waals surface area contributed by atoms with Crippen LogP contribution >= 0.6 is 0 Å². The van der Waals surface area contributed by atoms with Crippen molar-refractivity contribution in [3.05, 3.63) is 0 Å². The molecule has 0 amide bonds. The molecule has 0 aliphatic heterocycles. The Bertz CT molecular complexity index is 1010. The van der Waals surface area contributed by atoms with E-state index in [9.17, 15) is 19.2 Å². The summed E-state index contributed by atoms with van der Waals surface area (Å²) in [7, 11) is 0. The average molecular weight is 1080 g/mol. The van der Waals surface area contributed by atoms with Crippen molar-refractivity contribution in [2.45, 2.75) is 413 Å². The van der Waals surface area contributed by atoms with Crippen LogP contribution in [0.3, 0.4) is 0 Å². The molecule has 0 fully saturated rings. The van der Waals surface area contributed by atoms with E-state index in [1.165, 1.54) is 308 Å². The summed E-state index contributed by atoms with van der Waals surface area (Å²) in [5, 5.41) is 34.0. The molecule has 0 radical (unpaired) electrons. The van der Waals surface area contributed by atoms with Crippen LogP contribution in [0.5, 0.6) is 0 Å². The largest absolute Gasteiger partial charge is 0.481 e. The molecule has 0 aromatic carbocycles. The molecule has 0 spiro atoms. The highest BCUT2D eigenvalue weighted by atomic mass is 16.4. The molecule has 0 aliphatic rings. The maximum absolute atomic E-state index is 10.3. The van der Waals surface area contributed by atoms with Crippen LogP contribution < -0.4 is 0 Å². The molecular weight excluding hydrogens is 945 g/mol. The lowest BCUT2D eigenvalue weighted by Crippen LogP contribution is -1.93. The molecule has 0 atom stereocenters. The van der Waals surface area contributed by atoms with Crippen LogP contribution in [-0.2, 0) is 19.2 Å². The van der Waals surface area contributed by atoms with Gasteiger partial charge in [0.25, 0.3) is 0 Å². The van der Waals surface area contributed by atoms with Crippen molar-refractivity contribution in [3.8, 4) is 0 Å². The van der Waals surface area contributed by atoms with Gasteiger partial charge in [-0.2, -0.15) is 0 Å². The van der Waals surface area contributed by atoms with Gasteiger partial charge in [0.2, 0.25) is 0 Å². The van der Waals surface area contributed by atoms with Gasteiger partial charge in [0.15, 0.2) is 0 Å². The molecule has 456 valence electrons. The lowest BCUT2D eigenvalue weighted by Gasteiger charge is -2.03. The summed E-state index contributed by atoms with van der Waals surface area (Å²) in [6.07, 6.45) is 74.9. The Balaban J connectivity index is -0.000000455. The van der Waals surface area contributed by atoms with Gasteiger partial charge in [-0.25, -0.2) is 0 Å². The van der Waals surface area contributed by atoms with E-state index in [-0.39, 0.29) is 0 Å². The van der Waals surface area contributed by atoms with Crippen LogP contribution in [0.1, 0.15) is 413 Å². The fourth-order valence-electron chi connectivity index (χ4n) is 9.88. The molecule has 0 saturated heterocycles. The fourth-order valence-corrected chi connectivity index (χ4v) is 9.88. The lowest BCUT2D eigenvalue weighted by molar-refractivity contribution is -0.138. The summed E-state index contributed by atoms with van der Waals surface area (Å²) in [5.41, 5.74) is 0. The van der Waals surface area contributed by atoms with Crippen LogP contribution in [0.25, 0.3) is 0 Å². The molecule has 0 aromatic heterocycles. The second-order valence-corrected chi connectivity index (χ2v) is 23.0. The Kier molecular flexibility index (Phi) is 81.5. The predicted molar refractivity (Wildman–Crippen MR) is 330 cm³/mol. The predicted octanol–water partition coefficient (Wildman–Crippen LogP) is 23.8. The third kappa shape index (κ3) is 94.3. The van der Waals surface area contributed by atoms with E-state index in [1.807, 2.05) is 0 Å². The molecule has 0 heterocycles. The molecule has 76 heavy (non-hydrogen) atoms. The molecule has 0 rings (SSSR count). The molecule has 0 aromatic rings. The summed E-state index contributed by atoms with van der Waals surface area (Å²) in [5.74, 6) is -2.62. The van der Waals surface area contributed by atoms with Crippen LogP contribution in [0.2, 0.25) is 0 Å². The first kappa shape index (κ1) is 80.4. The van der Waals surface area contributed by atoms with E-state index in [1.54, 1.807) is 0 Å². The van der Waals surface area contributed by atoms with Gasteiger partial charge < -0.3 is 20.4 Å². The summed E-state index contributed by atoms with van der Waals surface area (Å²) in [6.45, 7) is 9.06. The van der Waals surface area contributed by atoms with Crippen LogP contribution in [0.4, 0.5) is 0 Å². The molecule has 0 bridgehead atoms. The number of rotatable bonds is 60. The Morgan fingerprint density at radius 1 is 0.158 bits per heavy atom. The molecule has 0 saturated carbocycles. The van der Waals surface area contributed by atoms with Crippen molar-refractivity contribution in [2.24, 2.45) is 0 Å². The third-order valence-corrected chi connectivity index (χ3v) is 15.0. The maximum Gasteiger partial charge on any atom is 0.303 e. The lowest BCUT2D eigenvalue weighted by atomic mass is 10.0. The van der Waals surface area contributed by atoms with Crippen LogP contribution in [0.15, 0.2) is 0 Å². The Hall–Kier alpha value is -2.12. The smallest absolute Gasteiger partial charge is 0.303 e. The fraction of sp³-hybridized carbons (Fsp3) is 0.941. The minimum atomic E-state index is -0.655. The number of hydrogen-bond acceptors (Lipinski definition) is 4. The van der Waals surface area contributed by atoms with E-state index in [4.69, 9.17) is 20.4 Å². The summed E-state index contributed by atoms with van der Waals surface area (Å²) in [6, 6.07) is 0. The molecular formula is C68H136O8. The van der Waals surface area contributed by atoms with Gasteiger partial charge in [0.1, 0.15) is 0 Å². The number of carboxylic acid groups (broad SMARTS) is 4. The van der Waals surface area contributed by atoms with Crippen molar-refractivity contribution in [1.29, 1.82) is 0 Å². The zero-order valence-corrected chi connectivity index (χ0v) is 51.8. The molecule has 8 heteroatoms. The SMILES string of the molecule is CCCCCCCCCCCCCCCC(=O)O.CCCCCCCCCCCCCCCC(=O)O.CCCCCCCCCCCCCCCCCC(=O)O.CCCCCCCCCCCCCCCCCC(=O)O. The first-order valence-electron chi connectivity index (χ1n) is 34.0. The normalized spacial score (nSPS) is 10.8. The zero-order chi connectivity index (χ0) is 56.7. The van der Waals surface area contributed by atoms with Gasteiger partial charge in [-0.15, -0.1) is 0 Å². The van der Waals surface area contributed by atoms with Gasteiger partial charge in [-0.05, 0) is 25.7 Å². The van der Waals surface area contributed by atoms with Gasteiger partial charge in [-0.3, -0.25) is 19.2 Å². The van der Waals surface area contributed by atoms with Gasteiger partial charge in [-0.1, -0.05) is 362 Å². The monoisotopic (exact) mass is 1080 g/mol. The Morgan fingerprint density at radius 2 is 0.237 bits per heavy atom. The quantitative estimate of drug-likeness (QED) is 0.0440. The molecule has 0 aliphatic carbocycles. The third-order valence-electron chi connectivity index (χ3n) is 15.0. The zero-order valence-electron chi connectivity index (χ0n) is 51.8. The molecule has 4 N–H and O–H groups in total. The number of unbranched alkanes of at least 4 members (excludes halogenated alkanes) is 52. The van der Waals surface area contributed by atoms with Gasteiger partial charge >= 0.3 is 23.9 Å². The Labute approximate surface area is 474 Å². The summed E-state index contributed by atoms with van der Waals surface area (Å²) in [4.78, 5) is 41.3. The van der Waals surface area contributed by atoms with Crippen LogP contribution in [0, 0.1) is 0 Å². The van der Waals surface area contributed by atoms with E-state index < -0.39 is 23.9 Å². The number of hydrogen-bond donors (Lipinski definition) is 4. The minimum absolute atomic E-state index is 0.345. The van der Waals surface area contributed by atoms with E-state index in [2.05, 4.69) is 27.7 Å². The van der Waals surface area contributed by atoms with Crippen LogP contribution in [-0.4, -0.2) is 44.3 Å². The number of carboxylic acids is 4. The second-order valence-electron chi connectivity index (χ2n) is 23.0. The number of carbonyl (C=O) groups is 4. The first-order valence-corrected chi connectivity index (χ1v) is 34.0. The number of aliphatic carboxylic acids is 4. The standard InChI is InChI=1S/2C18H36O2.2C16H32O2/c2*1-2-3-4-5-6-7-8-9-10-11-12-13-14-15-16-17-18(19)20;2*1-2-3-4-5-6-7-8-9-10-11-12-13-14-15-16(17)18/h2*2-17H2,1H3,(H,19,20);2*2-15H2,1H3,(H,17,18). The minimum Gasteiger partial charge on any atom is -0.481 e. The molecule has 8 nitrogen and oxygen atoms in total. The highest BCUT2D eigenvalue weighted by Crippen LogP contribution is 2.17. The van der Waals surface area contributed by atoms with E-state index in [0.29, 0.717) is 25.7 Å². The average Bonchev–Trinajstić information content (AvgIpc) is 3.39. The van der Waals surface area contributed by atoms with Gasteiger partial charge in [0, 0.05) is 25.7 Å². The van der Waals surface area contributed by atoms with Crippen molar-refractivity contribution >= 4 is 23.9 Å². The van der Waals surface area contributed by atoms with Crippen molar-refractivity contribution in [1.82, 2.24) is 0 Å². The van der Waals surface area contributed by atoms with Crippen molar-refractivity contribution in [3.63, 3.8) is 0 Å². The molecule has 0 unspecified atom stereocenters. The second kappa shape index (κ2) is 77.1. The van der Waals surface area contributed by atoms with Crippen molar-refractivity contribution in [2.75, 3.05) is 0 Å². The van der Waals surface area contributed by atoms with Gasteiger partial charge in [0.05, 0.1) is 0 Å². The summed E-state index contributed by atoms with van der Waals surface area (Å²) < 4.78 is 0. The van der Waals surface area contributed by atoms with Crippen molar-refractivity contribution < 1.29 is 39.6 Å².